The van der Waals surface area contributed by atoms with E-state index in [0.29, 0.717) is 0 Å². The molecule has 2 aliphatic carbocycles. The van der Waals surface area contributed by atoms with Crippen LogP contribution in [0, 0.1) is 5.92 Å². The molecule has 2 unspecified atom stereocenters. The van der Waals surface area contributed by atoms with Crippen molar-refractivity contribution in [2.75, 3.05) is 0 Å². The van der Waals surface area contributed by atoms with Crippen molar-refractivity contribution in [3.63, 3.8) is 0 Å². The van der Waals surface area contributed by atoms with E-state index in [2.05, 4.69) is 36.0 Å². The molecule has 1 heterocycles. The Morgan fingerprint density at radius 2 is 2.45 bits per heavy atom. The summed E-state index contributed by atoms with van der Waals surface area (Å²) >= 11 is 0. The van der Waals surface area contributed by atoms with Gasteiger partial charge in [-0.15, -0.1) is 0 Å². The number of fused-ring (bicyclic) bond motifs is 3. The molecule has 0 saturated heterocycles. The number of aromatic nitrogens is 1. The molecule has 0 spiro atoms. The summed E-state index contributed by atoms with van der Waals surface area (Å²) in [7, 11) is 2.12. The van der Waals surface area contributed by atoms with Crippen LogP contribution >= 0.6 is 0 Å². The summed E-state index contributed by atoms with van der Waals surface area (Å²) in [6, 6.07) is 2.27. The summed E-state index contributed by atoms with van der Waals surface area (Å²) in [6.45, 7) is 0. The average Bonchev–Trinajstić information content (AvgIpc) is 2.71. The topological polar surface area (TPSA) is 4.93 Å². The molecule has 1 aromatic rings. The minimum atomic E-state index is 0.871. The Bertz CT molecular complexity index is 333. The maximum atomic E-state index is 2.35. The first-order chi connectivity index (χ1) is 5.36. The van der Waals surface area contributed by atoms with Crippen molar-refractivity contribution in [1.29, 1.82) is 0 Å². The van der Waals surface area contributed by atoms with Crippen LogP contribution in [0.15, 0.2) is 18.3 Å². The number of rotatable bonds is 0. The SMILES string of the molecule is Cn1ccc2c1C=CC1CC21. The molecule has 0 radical (unpaired) electrons. The first-order valence-corrected chi connectivity index (χ1v) is 4.19. The van der Waals surface area contributed by atoms with Crippen LogP contribution in [-0.2, 0) is 7.05 Å². The van der Waals surface area contributed by atoms with Gasteiger partial charge in [-0.3, -0.25) is 0 Å². The van der Waals surface area contributed by atoms with Gasteiger partial charge in [0.25, 0.3) is 0 Å². The molecule has 1 heteroatoms. The van der Waals surface area contributed by atoms with Crippen LogP contribution in [0.4, 0.5) is 0 Å². The third-order valence-electron chi connectivity index (χ3n) is 2.89. The Kier molecular flexibility index (Phi) is 0.823. The molecule has 2 aliphatic rings. The first kappa shape index (κ1) is 5.64. The van der Waals surface area contributed by atoms with Crippen LogP contribution in [0.5, 0.6) is 0 Å². The highest BCUT2D eigenvalue weighted by atomic mass is 14.9. The van der Waals surface area contributed by atoms with Crippen molar-refractivity contribution in [3.8, 4) is 0 Å². The van der Waals surface area contributed by atoms with Crippen molar-refractivity contribution in [1.82, 2.24) is 4.57 Å². The Balaban J connectivity index is 2.26. The molecule has 1 saturated carbocycles. The van der Waals surface area contributed by atoms with E-state index in [-0.39, 0.29) is 0 Å². The van der Waals surface area contributed by atoms with Crippen molar-refractivity contribution >= 4 is 6.08 Å². The number of hydrogen-bond acceptors (Lipinski definition) is 0. The standard InChI is InChI=1S/C10H11N/c1-11-5-4-8-9-6-7(9)2-3-10(8)11/h2-5,7,9H,6H2,1H3. The molecule has 2 atom stereocenters. The van der Waals surface area contributed by atoms with Gasteiger partial charge in [-0.2, -0.15) is 0 Å². The lowest BCUT2D eigenvalue weighted by Gasteiger charge is -2.05. The molecule has 0 N–H and O–H groups in total. The van der Waals surface area contributed by atoms with E-state index in [4.69, 9.17) is 0 Å². The van der Waals surface area contributed by atoms with Crippen LogP contribution in [0.2, 0.25) is 0 Å². The summed E-state index contributed by atoms with van der Waals surface area (Å²) in [4.78, 5) is 0. The van der Waals surface area contributed by atoms with Crippen LogP contribution in [0.1, 0.15) is 23.6 Å². The van der Waals surface area contributed by atoms with Crippen LogP contribution < -0.4 is 0 Å². The number of nitrogens with zero attached hydrogens (tertiary/aromatic N) is 1. The van der Waals surface area contributed by atoms with E-state index < -0.39 is 0 Å². The second-order valence-corrected chi connectivity index (χ2v) is 3.63. The lowest BCUT2D eigenvalue weighted by molar-refractivity contribution is 0.888. The molecule has 0 aromatic carbocycles. The van der Waals surface area contributed by atoms with Gasteiger partial charge in [0.1, 0.15) is 0 Å². The van der Waals surface area contributed by atoms with Gasteiger partial charge in [0.15, 0.2) is 0 Å². The second-order valence-electron chi connectivity index (χ2n) is 3.63. The number of hydrogen-bond donors (Lipinski definition) is 0. The predicted octanol–water partition coefficient (Wildman–Crippen LogP) is 2.16. The third-order valence-corrected chi connectivity index (χ3v) is 2.89. The Hall–Kier alpha value is -0.980. The fourth-order valence-electron chi connectivity index (χ4n) is 2.09. The van der Waals surface area contributed by atoms with Crippen molar-refractivity contribution < 1.29 is 0 Å². The largest absolute Gasteiger partial charge is 0.351 e. The van der Waals surface area contributed by atoms with E-state index in [9.17, 15) is 0 Å². The lowest BCUT2D eigenvalue weighted by Crippen LogP contribution is -1.94. The summed E-state index contributed by atoms with van der Waals surface area (Å²) in [5.74, 6) is 1.75. The van der Waals surface area contributed by atoms with Gasteiger partial charge >= 0.3 is 0 Å². The molecule has 0 bridgehead atoms. The van der Waals surface area contributed by atoms with E-state index in [1.165, 1.54) is 12.1 Å². The second kappa shape index (κ2) is 1.60. The first-order valence-electron chi connectivity index (χ1n) is 4.19. The molecule has 0 amide bonds. The maximum Gasteiger partial charge on any atom is 0.0436 e. The highest BCUT2D eigenvalue weighted by Crippen LogP contribution is 2.52. The van der Waals surface area contributed by atoms with E-state index in [1.807, 2.05) is 0 Å². The predicted molar refractivity (Wildman–Crippen MR) is 45.3 cm³/mol. The minimum absolute atomic E-state index is 0.871. The highest BCUT2D eigenvalue weighted by molar-refractivity contribution is 5.58. The van der Waals surface area contributed by atoms with Gasteiger partial charge in [-0.1, -0.05) is 6.08 Å². The average molecular weight is 145 g/mol. The van der Waals surface area contributed by atoms with Gasteiger partial charge in [0.2, 0.25) is 0 Å². The lowest BCUT2D eigenvalue weighted by atomic mass is 10.0. The van der Waals surface area contributed by atoms with Gasteiger partial charge in [-0.05, 0) is 36.0 Å². The molecular weight excluding hydrogens is 134 g/mol. The zero-order valence-electron chi connectivity index (χ0n) is 6.62. The minimum Gasteiger partial charge on any atom is -0.351 e. The van der Waals surface area contributed by atoms with Crippen LogP contribution in [-0.4, -0.2) is 4.57 Å². The molecule has 1 aromatic heterocycles. The van der Waals surface area contributed by atoms with Gasteiger partial charge in [0.05, 0.1) is 0 Å². The third kappa shape index (κ3) is 0.609. The highest BCUT2D eigenvalue weighted by Gasteiger charge is 2.40. The fraction of sp³-hybridized carbons (Fsp3) is 0.400. The van der Waals surface area contributed by atoms with Gasteiger partial charge in [0, 0.05) is 18.9 Å². The molecular formula is C10H11N. The molecule has 56 valence electrons. The van der Waals surface area contributed by atoms with E-state index in [1.54, 1.807) is 5.56 Å². The van der Waals surface area contributed by atoms with Gasteiger partial charge < -0.3 is 4.57 Å². The van der Waals surface area contributed by atoms with Crippen molar-refractivity contribution in [2.45, 2.75) is 12.3 Å². The van der Waals surface area contributed by atoms with Gasteiger partial charge in [-0.25, -0.2) is 0 Å². The van der Waals surface area contributed by atoms with Crippen molar-refractivity contribution in [2.24, 2.45) is 13.0 Å². The molecule has 0 aliphatic heterocycles. The normalized spacial score (nSPS) is 31.4. The smallest absolute Gasteiger partial charge is 0.0436 e. The molecule has 1 fully saturated rings. The number of allylic oxidation sites excluding steroid dienone is 1. The zero-order valence-corrected chi connectivity index (χ0v) is 6.62. The molecule has 3 rings (SSSR count). The summed E-state index contributed by atoms with van der Waals surface area (Å²) in [6.07, 6.45) is 8.17. The monoisotopic (exact) mass is 145 g/mol. The molecule has 11 heavy (non-hydrogen) atoms. The van der Waals surface area contributed by atoms with Crippen LogP contribution in [0.3, 0.4) is 0 Å². The fourth-order valence-corrected chi connectivity index (χ4v) is 2.09. The zero-order chi connectivity index (χ0) is 7.42. The van der Waals surface area contributed by atoms with E-state index >= 15 is 0 Å². The summed E-state index contributed by atoms with van der Waals surface area (Å²) in [5, 5.41) is 0. The van der Waals surface area contributed by atoms with E-state index in [0.717, 1.165) is 11.8 Å². The van der Waals surface area contributed by atoms with Crippen molar-refractivity contribution in [3.05, 3.63) is 29.6 Å². The summed E-state index contributed by atoms with van der Waals surface area (Å²) < 4.78 is 2.21. The summed E-state index contributed by atoms with van der Waals surface area (Å²) in [5.41, 5.74) is 2.99. The quantitative estimate of drug-likeness (QED) is 0.527. The Morgan fingerprint density at radius 3 is 3.36 bits per heavy atom. The molecule has 1 nitrogen and oxygen atoms in total. The maximum absolute atomic E-state index is 2.35. The number of aryl methyl sites for hydroxylation is 1. The Labute approximate surface area is 66.3 Å². The van der Waals surface area contributed by atoms with Crippen LogP contribution in [0.25, 0.3) is 6.08 Å². The Morgan fingerprint density at radius 1 is 1.55 bits per heavy atom.